The van der Waals surface area contributed by atoms with Crippen LogP contribution < -0.4 is 10.2 Å². The second-order valence-electron chi connectivity index (χ2n) is 10.9. The molecule has 4 atom stereocenters. The Morgan fingerprint density at radius 3 is 2.67 bits per heavy atom. The van der Waals surface area contributed by atoms with Gasteiger partial charge < -0.3 is 10.4 Å². The number of hydrogen-bond acceptors (Lipinski definition) is 8. The van der Waals surface area contributed by atoms with Crippen LogP contribution in [0.25, 0.3) is 11.3 Å². The molecule has 2 aliphatic carbocycles. The van der Waals surface area contributed by atoms with E-state index in [2.05, 4.69) is 30.4 Å². The standard InChI is InChI=1S/C28H22ClF3N8O3/c1-12-15(6-34-27(36-12)39-10-17-16-4-28(16,17)26(39)43)21(11-41)40-9-13(5-35-40)37-25(42)20-8-33-7-19(38-20)22-14(24(31)32)2-3-18(29)23(22)30/h2-3,5-9,16-17,21,24,41H,4,10-11H2,1H3,(H,37,42)/t16?,17-,21-,28-/m0/s1. The van der Waals surface area contributed by atoms with E-state index in [1.807, 2.05) is 0 Å². The minimum absolute atomic E-state index is 0.0863. The zero-order chi connectivity index (χ0) is 30.2. The molecule has 3 aliphatic rings. The van der Waals surface area contributed by atoms with Crippen molar-refractivity contribution in [1.29, 1.82) is 0 Å². The van der Waals surface area contributed by atoms with Crippen LogP contribution in [0.2, 0.25) is 5.02 Å². The summed E-state index contributed by atoms with van der Waals surface area (Å²) in [7, 11) is 0. The number of nitrogens with zero attached hydrogens (tertiary/aromatic N) is 7. The number of aliphatic hydroxyl groups excluding tert-OH is 1. The molecule has 15 heteroatoms. The summed E-state index contributed by atoms with van der Waals surface area (Å²) in [6, 6.07) is 1.31. The largest absolute Gasteiger partial charge is 0.394 e. The molecule has 1 aromatic carbocycles. The fourth-order valence-electron chi connectivity index (χ4n) is 6.06. The molecule has 0 radical (unpaired) electrons. The third-order valence-corrected chi connectivity index (χ3v) is 8.85. The van der Waals surface area contributed by atoms with Crippen LogP contribution in [0.4, 0.5) is 24.8 Å². The Balaban J connectivity index is 1.09. The third-order valence-electron chi connectivity index (χ3n) is 8.56. The van der Waals surface area contributed by atoms with Crippen molar-refractivity contribution in [3.63, 3.8) is 0 Å². The van der Waals surface area contributed by atoms with Crippen LogP contribution in [0.15, 0.2) is 43.1 Å². The molecule has 4 aromatic rings. The molecule has 1 aliphatic heterocycles. The normalized spacial score (nSPS) is 22.4. The van der Waals surface area contributed by atoms with E-state index in [0.29, 0.717) is 35.6 Å². The van der Waals surface area contributed by atoms with E-state index in [1.165, 1.54) is 17.1 Å². The van der Waals surface area contributed by atoms with Crippen molar-refractivity contribution in [2.24, 2.45) is 17.3 Å². The average molecular weight is 611 g/mol. The molecular weight excluding hydrogens is 589 g/mol. The summed E-state index contributed by atoms with van der Waals surface area (Å²) in [6.07, 6.45) is 4.46. The molecule has 2 amide bonds. The van der Waals surface area contributed by atoms with Gasteiger partial charge in [-0.15, -0.1) is 0 Å². The maximum absolute atomic E-state index is 14.7. The van der Waals surface area contributed by atoms with Gasteiger partial charge in [0.2, 0.25) is 11.9 Å². The highest BCUT2D eigenvalue weighted by Gasteiger charge is 2.87. The number of anilines is 2. The van der Waals surface area contributed by atoms with E-state index in [-0.39, 0.29) is 40.0 Å². The summed E-state index contributed by atoms with van der Waals surface area (Å²) >= 11 is 5.80. The molecule has 0 bridgehead atoms. The van der Waals surface area contributed by atoms with Crippen molar-refractivity contribution >= 4 is 35.1 Å². The highest BCUT2D eigenvalue weighted by molar-refractivity contribution is 6.31. The van der Waals surface area contributed by atoms with Crippen LogP contribution in [-0.2, 0) is 4.79 Å². The molecule has 11 nitrogen and oxygen atoms in total. The summed E-state index contributed by atoms with van der Waals surface area (Å²) in [5.41, 5.74) is -0.543. The molecule has 2 saturated carbocycles. The van der Waals surface area contributed by atoms with Gasteiger partial charge >= 0.3 is 0 Å². The number of hydrogen-bond donors (Lipinski definition) is 2. The molecule has 4 heterocycles. The minimum atomic E-state index is -3.02. The summed E-state index contributed by atoms with van der Waals surface area (Å²) < 4.78 is 43.3. The maximum Gasteiger partial charge on any atom is 0.275 e. The first-order chi connectivity index (χ1) is 20.6. The number of aromatic nitrogens is 6. The highest BCUT2D eigenvalue weighted by Crippen LogP contribution is 2.83. The molecule has 3 aromatic heterocycles. The Kier molecular flexibility index (Phi) is 6.25. The summed E-state index contributed by atoms with van der Waals surface area (Å²) in [4.78, 5) is 44.2. The number of amides is 2. The molecular formula is C28H22ClF3N8O3. The van der Waals surface area contributed by atoms with Gasteiger partial charge in [0.1, 0.15) is 11.7 Å². The highest BCUT2D eigenvalue weighted by atomic mass is 35.5. The summed E-state index contributed by atoms with van der Waals surface area (Å²) in [6.45, 7) is 2.02. The van der Waals surface area contributed by atoms with E-state index < -0.39 is 35.3 Å². The van der Waals surface area contributed by atoms with E-state index >= 15 is 0 Å². The first-order valence-electron chi connectivity index (χ1n) is 13.3. The van der Waals surface area contributed by atoms with Crippen LogP contribution in [-0.4, -0.2) is 59.8 Å². The lowest BCUT2D eigenvalue weighted by Gasteiger charge is -2.20. The summed E-state index contributed by atoms with van der Waals surface area (Å²) in [5.74, 6) is -0.494. The van der Waals surface area contributed by atoms with Crippen LogP contribution in [0, 0.1) is 30.0 Å². The van der Waals surface area contributed by atoms with Crippen molar-refractivity contribution in [3.05, 3.63) is 76.5 Å². The van der Waals surface area contributed by atoms with Crippen molar-refractivity contribution in [3.8, 4) is 11.3 Å². The number of alkyl halides is 2. The fraction of sp³-hybridized carbons (Fsp3) is 0.321. The SMILES string of the molecule is Cc1nc(N2C[C@H]3C4C[C@]43C2=O)ncc1[C@H](CO)n1cc(NC(=O)c2cncc(-c3c(C(F)F)ccc(Cl)c3F)n2)cn1. The van der Waals surface area contributed by atoms with Crippen molar-refractivity contribution in [1.82, 2.24) is 29.7 Å². The number of carbonyl (C=O) groups excluding carboxylic acids is 2. The lowest BCUT2D eigenvalue weighted by atomic mass is 10.0. The molecule has 43 heavy (non-hydrogen) atoms. The first kappa shape index (κ1) is 27.4. The lowest BCUT2D eigenvalue weighted by Crippen LogP contribution is -2.30. The van der Waals surface area contributed by atoms with Gasteiger partial charge in [-0.2, -0.15) is 5.10 Å². The van der Waals surface area contributed by atoms with Crippen LogP contribution >= 0.6 is 11.6 Å². The van der Waals surface area contributed by atoms with Gasteiger partial charge in [-0.25, -0.2) is 28.1 Å². The number of rotatable bonds is 8. The number of aliphatic hydroxyl groups is 1. The van der Waals surface area contributed by atoms with Gasteiger partial charge in [-0.05, 0) is 31.2 Å². The van der Waals surface area contributed by atoms with Gasteiger partial charge in [0.05, 0.1) is 47.0 Å². The Morgan fingerprint density at radius 2 is 2.00 bits per heavy atom. The first-order valence-corrected chi connectivity index (χ1v) is 13.7. The zero-order valence-electron chi connectivity index (χ0n) is 22.4. The number of fused-ring (bicyclic) bond motifs is 1. The van der Waals surface area contributed by atoms with Crippen molar-refractivity contribution < 1.29 is 27.9 Å². The number of benzene rings is 1. The molecule has 1 spiro atoms. The van der Waals surface area contributed by atoms with Gasteiger partial charge in [0, 0.05) is 41.3 Å². The predicted molar refractivity (Wildman–Crippen MR) is 146 cm³/mol. The number of aryl methyl sites for hydroxylation is 1. The number of carbonyl (C=O) groups is 2. The Labute approximate surface area is 246 Å². The fourth-order valence-corrected chi connectivity index (χ4v) is 6.22. The number of nitrogens with one attached hydrogen (secondary N) is 1. The Bertz CT molecular complexity index is 1820. The topological polar surface area (TPSA) is 139 Å². The average Bonchev–Trinajstić information content (AvgIpc) is 3.78. The number of piperidine rings is 1. The predicted octanol–water partition coefficient (Wildman–Crippen LogP) is 3.99. The van der Waals surface area contributed by atoms with Crippen LogP contribution in [0.1, 0.15) is 46.2 Å². The molecule has 2 N–H and O–H groups in total. The van der Waals surface area contributed by atoms with Gasteiger partial charge in [0.15, 0.2) is 5.82 Å². The Morgan fingerprint density at radius 1 is 1.19 bits per heavy atom. The zero-order valence-corrected chi connectivity index (χ0v) is 23.1. The van der Waals surface area contributed by atoms with E-state index in [1.54, 1.807) is 18.0 Å². The van der Waals surface area contributed by atoms with Gasteiger partial charge in [0.25, 0.3) is 12.3 Å². The third kappa shape index (κ3) is 4.27. The van der Waals surface area contributed by atoms with Gasteiger partial charge in [-0.1, -0.05) is 17.7 Å². The molecule has 1 unspecified atom stereocenters. The van der Waals surface area contributed by atoms with Crippen molar-refractivity contribution in [2.75, 3.05) is 23.4 Å². The smallest absolute Gasteiger partial charge is 0.275 e. The van der Waals surface area contributed by atoms with Crippen LogP contribution in [0.3, 0.4) is 0 Å². The minimum Gasteiger partial charge on any atom is -0.394 e. The molecule has 220 valence electrons. The van der Waals surface area contributed by atoms with Gasteiger partial charge in [-0.3, -0.25) is 24.2 Å². The second kappa shape index (κ2) is 9.81. The maximum atomic E-state index is 14.7. The van der Waals surface area contributed by atoms with Crippen molar-refractivity contribution in [2.45, 2.75) is 25.8 Å². The second-order valence-corrected chi connectivity index (χ2v) is 11.3. The Hall–Kier alpha value is -4.43. The van der Waals surface area contributed by atoms with Crippen LogP contribution in [0.5, 0.6) is 0 Å². The molecule has 7 rings (SSSR count). The summed E-state index contributed by atoms with van der Waals surface area (Å²) in [5, 5.41) is 16.6. The van der Waals surface area contributed by atoms with E-state index in [4.69, 9.17) is 11.6 Å². The van der Waals surface area contributed by atoms with E-state index in [0.717, 1.165) is 30.9 Å². The molecule has 1 saturated heterocycles. The lowest BCUT2D eigenvalue weighted by molar-refractivity contribution is -0.120. The number of halogens is 4. The van der Waals surface area contributed by atoms with E-state index in [9.17, 15) is 27.9 Å². The quantitative estimate of drug-likeness (QED) is 0.305. The monoisotopic (exact) mass is 610 g/mol. The molecule has 3 fully saturated rings.